The lowest BCUT2D eigenvalue weighted by molar-refractivity contribution is 0.104. The van der Waals surface area contributed by atoms with Crippen LogP contribution in [-0.2, 0) is 0 Å². The molecule has 1 aromatic carbocycles. The summed E-state index contributed by atoms with van der Waals surface area (Å²) in [7, 11) is 0. The molecular weight excluding hydrogens is 482 g/mol. The molecule has 2 bridgehead atoms. The Kier molecular flexibility index (Phi) is 6.25. The Balaban J connectivity index is 1.25. The number of hydrogen-bond donors (Lipinski definition) is 2. The minimum absolute atomic E-state index is 0.0366. The van der Waals surface area contributed by atoms with Gasteiger partial charge in [-0.25, -0.2) is 18.7 Å². The summed E-state index contributed by atoms with van der Waals surface area (Å²) in [6.07, 6.45) is 9.85. The van der Waals surface area contributed by atoms with Crippen LogP contribution in [0.5, 0.6) is 5.75 Å². The van der Waals surface area contributed by atoms with Crippen LogP contribution in [-0.4, -0.2) is 61.9 Å². The Morgan fingerprint density at radius 2 is 1.92 bits per heavy atom. The number of alkyl halides is 1. The number of hydrogen-bond acceptors (Lipinski definition) is 8. The number of benzene rings is 1. The molecule has 3 aliphatic rings. The third-order valence-corrected chi connectivity index (χ3v) is 8.17. The van der Waals surface area contributed by atoms with E-state index in [9.17, 15) is 9.50 Å². The van der Waals surface area contributed by atoms with Gasteiger partial charge >= 0.3 is 0 Å². The fourth-order valence-electron chi connectivity index (χ4n) is 5.57. The number of rotatable bonds is 6. The predicted molar refractivity (Wildman–Crippen MR) is 135 cm³/mol. The molecule has 4 heterocycles. The average Bonchev–Trinajstić information content (AvgIpc) is 3.73. The minimum Gasteiger partial charge on any atom is -0.507 e. The molecule has 0 amide bonds. The Labute approximate surface area is 212 Å². The lowest BCUT2D eigenvalue weighted by Gasteiger charge is -2.47. The van der Waals surface area contributed by atoms with Gasteiger partial charge in [0.25, 0.3) is 0 Å². The third kappa shape index (κ3) is 4.41. The summed E-state index contributed by atoms with van der Waals surface area (Å²) in [6.45, 7) is 0. The first-order valence-corrected chi connectivity index (χ1v) is 13.7. The van der Waals surface area contributed by atoms with Crippen LogP contribution < -0.4 is 10.2 Å². The van der Waals surface area contributed by atoms with Crippen molar-refractivity contribution in [3.8, 4) is 28.3 Å². The summed E-state index contributed by atoms with van der Waals surface area (Å²) in [5, 5.41) is 23.2. The van der Waals surface area contributed by atoms with E-state index in [1.807, 2.05) is 0 Å². The van der Waals surface area contributed by atoms with Gasteiger partial charge < -0.3 is 15.3 Å². The van der Waals surface area contributed by atoms with Crippen molar-refractivity contribution in [2.45, 2.75) is 73.9 Å². The van der Waals surface area contributed by atoms with E-state index < -0.39 is 12.0 Å². The van der Waals surface area contributed by atoms with E-state index in [2.05, 4.69) is 30.4 Å². The molecule has 36 heavy (non-hydrogen) atoms. The topological polar surface area (TPSA) is 87.1 Å². The van der Waals surface area contributed by atoms with Crippen LogP contribution in [0, 0.1) is 5.82 Å². The van der Waals surface area contributed by atoms with Crippen molar-refractivity contribution in [2.75, 3.05) is 11.2 Å². The number of halogens is 2. The third-order valence-electron chi connectivity index (χ3n) is 7.48. The molecule has 0 radical (unpaired) electrons. The molecule has 6 rings (SSSR count). The van der Waals surface area contributed by atoms with E-state index in [-0.39, 0.29) is 29.7 Å². The summed E-state index contributed by atoms with van der Waals surface area (Å²) in [5.41, 5.74) is 1.61. The molecule has 3 fully saturated rings. The molecule has 0 spiro atoms. The van der Waals surface area contributed by atoms with Gasteiger partial charge in [-0.3, -0.25) is 0 Å². The fraction of sp³-hybridized carbons (Fsp3) is 0.462. The second-order valence-corrected chi connectivity index (χ2v) is 10.7. The summed E-state index contributed by atoms with van der Waals surface area (Å²) >= 11 is 1.24. The van der Waals surface area contributed by atoms with E-state index in [0.717, 1.165) is 38.5 Å². The van der Waals surface area contributed by atoms with Gasteiger partial charge in [-0.1, -0.05) is 12.5 Å². The Morgan fingerprint density at radius 1 is 1.06 bits per heavy atom. The standard InChI is InChI=1S/C26H28F2N6OS/c1-36-26-19(27)9-15(12-30-26)14-5-8-18(22(35)10-14)25-29-13-23(32-33-25)34(17-6-7-17)21-11-16-3-2-4-20(31-16)24(21)28/h5,8-10,12-13,16-17,20-21,24,31,35H,2-4,6-7,11H2,1H3/t16-,20-,21-,24+/m0/s1. The molecule has 2 N–H and O–H groups in total. The van der Waals surface area contributed by atoms with Crippen molar-refractivity contribution in [3.63, 3.8) is 0 Å². The van der Waals surface area contributed by atoms with Gasteiger partial charge in [0, 0.05) is 29.9 Å². The monoisotopic (exact) mass is 510 g/mol. The number of phenolic OH excluding ortho intramolecular Hbond substituents is 1. The number of thioether (sulfide) groups is 1. The molecule has 2 aliphatic heterocycles. The fourth-order valence-corrected chi connectivity index (χ4v) is 5.98. The van der Waals surface area contributed by atoms with E-state index in [0.29, 0.717) is 33.6 Å². The molecule has 2 aromatic heterocycles. The number of piperidine rings is 2. The van der Waals surface area contributed by atoms with Crippen molar-refractivity contribution >= 4 is 17.6 Å². The van der Waals surface area contributed by atoms with Crippen molar-refractivity contribution in [1.29, 1.82) is 0 Å². The highest BCUT2D eigenvalue weighted by molar-refractivity contribution is 7.98. The second-order valence-electron chi connectivity index (χ2n) is 9.87. The van der Waals surface area contributed by atoms with Gasteiger partial charge in [-0.05, 0) is 62.1 Å². The lowest BCUT2D eigenvalue weighted by atomic mass is 9.82. The van der Waals surface area contributed by atoms with Crippen LogP contribution in [0.15, 0.2) is 41.7 Å². The van der Waals surface area contributed by atoms with E-state index >= 15 is 4.39 Å². The smallest absolute Gasteiger partial charge is 0.185 e. The lowest BCUT2D eigenvalue weighted by Crippen LogP contribution is -2.62. The maximum absolute atomic E-state index is 15.5. The first kappa shape index (κ1) is 23.5. The van der Waals surface area contributed by atoms with Gasteiger partial charge in [0.05, 0.1) is 17.8 Å². The molecule has 1 saturated carbocycles. The summed E-state index contributed by atoms with van der Waals surface area (Å²) in [5.74, 6) is 0.422. The Hall–Kier alpha value is -2.85. The van der Waals surface area contributed by atoms with E-state index in [4.69, 9.17) is 0 Å². The van der Waals surface area contributed by atoms with Crippen LogP contribution in [0.3, 0.4) is 0 Å². The maximum Gasteiger partial charge on any atom is 0.185 e. The van der Waals surface area contributed by atoms with Gasteiger partial charge in [-0.15, -0.1) is 22.0 Å². The van der Waals surface area contributed by atoms with Crippen molar-refractivity contribution < 1.29 is 13.9 Å². The van der Waals surface area contributed by atoms with Crippen molar-refractivity contribution in [1.82, 2.24) is 25.5 Å². The number of aromatic nitrogens is 4. The number of nitrogens with zero attached hydrogens (tertiary/aromatic N) is 5. The van der Waals surface area contributed by atoms with Crippen LogP contribution >= 0.6 is 11.8 Å². The SMILES string of the molecule is CSc1ncc(-c2ccc(-c3ncc(N(C4CC4)[C@H]4C[C@@H]5CCC[C@H](N5)[C@H]4F)nn3)c(O)c2)cc1F. The maximum atomic E-state index is 15.5. The van der Waals surface area contributed by atoms with Gasteiger partial charge in [0.2, 0.25) is 0 Å². The quantitative estimate of drug-likeness (QED) is 0.459. The zero-order valence-corrected chi connectivity index (χ0v) is 20.8. The molecule has 188 valence electrons. The van der Waals surface area contributed by atoms with Gasteiger partial charge in [0.1, 0.15) is 16.9 Å². The zero-order valence-electron chi connectivity index (χ0n) is 19.9. The number of nitrogens with one attached hydrogen (secondary N) is 1. The van der Waals surface area contributed by atoms with Crippen LogP contribution in [0.25, 0.3) is 22.5 Å². The molecule has 3 aromatic rings. The van der Waals surface area contributed by atoms with E-state index in [1.54, 1.807) is 36.8 Å². The number of fused-ring (bicyclic) bond motifs is 2. The largest absolute Gasteiger partial charge is 0.507 e. The molecule has 0 unspecified atom stereocenters. The summed E-state index contributed by atoms with van der Waals surface area (Å²) in [4.78, 5) is 10.7. The van der Waals surface area contributed by atoms with Crippen LogP contribution in [0.2, 0.25) is 0 Å². The van der Waals surface area contributed by atoms with Gasteiger partial charge in [-0.2, -0.15) is 0 Å². The summed E-state index contributed by atoms with van der Waals surface area (Å²) in [6, 6.07) is 6.69. The number of aromatic hydroxyl groups is 1. The molecule has 4 atom stereocenters. The first-order valence-electron chi connectivity index (χ1n) is 12.4. The Morgan fingerprint density at radius 3 is 2.61 bits per heavy atom. The normalized spacial score (nSPS) is 25.5. The number of anilines is 1. The van der Waals surface area contributed by atoms with Crippen molar-refractivity contribution in [3.05, 3.63) is 42.5 Å². The van der Waals surface area contributed by atoms with Crippen LogP contribution in [0.1, 0.15) is 38.5 Å². The van der Waals surface area contributed by atoms with Gasteiger partial charge in [0.15, 0.2) is 17.5 Å². The molecule has 7 nitrogen and oxygen atoms in total. The number of pyridine rings is 1. The average molecular weight is 511 g/mol. The molecule has 1 aliphatic carbocycles. The zero-order chi connectivity index (χ0) is 24.8. The van der Waals surface area contributed by atoms with Crippen LogP contribution in [0.4, 0.5) is 14.6 Å². The second kappa shape index (κ2) is 9.55. The molecule has 2 saturated heterocycles. The summed E-state index contributed by atoms with van der Waals surface area (Å²) < 4.78 is 29.6. The van der Waals surface area contributed by atoms with Crippen molar-refractivity contribution in [2.24, 2.45) is 0 Å². The first-order chi connectivity index (χ1) is 17.5. The minimum atomic E-state index is -0.954. The molecular formula is C26H28F2N6OS. The van der Waals surface area contributed by atoms with E-state index in [1.165, 1.54) is 17.8 Å². The number of phenols is 1. The molecule has 10 heteroatoms. The predicted octanol–water partition coefficient (Wildman–Crippen LogP) is 4.76. The highest BCUT2D eigenvalue weighted by atomic mass is 32.2. The highest BCUT2D eigenvalue weighted by Gasteiger charge is 2.46. The highest BCUT2D eigenvalue weighted by Crippen LogP contribution is 2.39. The Bertz CT molecular complexity index is 1260.